The molecule has 0 radical (unpaired) electrons. The Morgan fingerprint density at radius 2 is 1.76 bits per heavy atom. The Hall–Kier alpha value is -0.820. The highest BCUT2D eigenvalue weighted by molar-refractivity contribution is 5.32. The summed E-state index contributed by atoms with van der Waals surface area (Å²) in [6.07, 6.45) is 9.38. The third-order valence-electron chi connectivity index (χ3n) is 5.25. The van der Waals surface area contributed by atoms with Gasteiger partial charge in [-0.15, -0.1) is 0 Å². The minimum atomic E-state index is 0.698. The van der Waals surface area contributed by atoms with Gasteiger partial charge in [-0.05, 0) is 48.8 Å². The Labute approximate surface area is 131 Å². The smallest absolute Gasteiger partial charge is 0.0104 e. The van der Waals surface area contributed by atoms with E-state index in [0.29, 0.717) is 6.04 Å². The largest absolute Gasteiger partial charge is 0.314 e. The van der Waals surface area contributed by atoms with Gasteiger partial charge in [0.15, 0.2) is 0 Å². The second-order valence-corrected chi connectivity index (χ2v) is 6.75. The minimum absolute atomic E-state index is 0.698. The summed E-state index contributed by atoms with van der Waals surface area (Å²) in [4.78, 5) is 0. The molecule has 118 valence electrons. The maximum atomic E-state index is 3.80. The van der Waals surface area contributed by atoms with Crippen LogP contribution in [0.25, 0.3) is 0 Å². The summed E-state index contributed by atoms with van der Waals surface area (Å²) >= 11 is 0. The lowest BCUT2D eigenvalue weighted by molar-refractivity contribution is 0.283. The standard InChI is InChI=1S/C20H33N/c1-4-7-10-16(5-2)13-20(21-6-3)19-14-17-11-8-9-12-18(17)15-19/h8-9,11-12,16,19-21H,4-7,10,13-15H2,1-3H3. The van der Waals surface area contributed by atoms with Gasteiger partial charge in [0.25, 0.3) is 0 Å². The lowest BCUT2D eigenvalue weighted by Gasteiger charge is -2.28. The van der Waals surface area contributed by atoms with Crippen LogP contribution in [0.1, 0.15) is 64.0 Å². The molecule has 0 heterocycles. The molecule has 1 aromatic carbocycles. The van der Waals surface area contributed by atoms with Crippen LogP contribution in [0.2, 0.25) is 0 Å². The van der Waals surface area contributed by atoms with E-state index in [0.717, 1.165) is 18.4 Å². The van der Waals surface area contributed by atoms with Gasteiger partial charge in [-0.2, -0.15) is 0 Å². The molecular weight excluding hydrogens is 254 g/mol. The fourth-order valence-electron chi connectivity index (χ4n) is 3.92. The zero-order valence-corrected chi connectivity index (χ0v) is 14.2. The quantitative estimate of drug-likeness (QED) is 0.675. The highest BCUT2D eigenvalue weighted by Gasteiger charge is 2.29. The molecule has 21 heavy (non-hydrogen) atoms. The van der Waals surface area contributed by atoms with Crippen molar-refractivity contribution >= 4 is 0 Å². The monoisotopic (exact) mass is 287 g/mol. The first-order valence-corrected chi connectivity index (χ1v) is 9.08. The molecule has 1 aliphatic rings. The van der Waals surface area contributed by atoms with E-state index < -0.39 is 0 Å². The molecule has 1 aromatic rings. The number of benzene rings is 1. The van der Waals surface area contributed by atoms with Crippen LogP contribution in [0.5, 0.6) is 0 Å². The van der Waals surface area contributed by atoms with Crippen LogP contribution in [-0.2, 0) is 12.8 Å². The summed E-state index contributed by atoms with van der Waals surface area (Å²) < 4.78 is 0. The van der Waals surface area contributed by atoms with Crippen LogP contribution in [0, 0.1) is 11.8 Å². The lowest BCUT2D eigenvalue weighted by Crippen LogP contribution is -2.38. The van der Waals surface area contributed by atoms with Crippen molar-refractivity contribution in [1.29, 1.82) is 0 Å². The molecule has 0 bridgehead atoms. The van der Waals surface area contributed by atoms with E-state index in [4.69, 9.17) is 0 Å². The van der Waals surface area contributed by atoms with E-state index in [1.54, 1.807) is 11.1 Å². The molecule has 1 nitrogen and oxygen atoms in total. The van der Waals surface area contributed by atoms with Crippen molar-refractivity contribution < 1.29 is 0 Å². The Kier molecular flexibility index (Phi) is 6.76. The molecule has 0 amide bonds. The normalized spacial score (nSPS) is 17.7. The second-order valence-electron chi connectivity index (χ2n) is 6.75. The second kappa shape index (κ2) is 8.58. The first kappa shape index (κ1) is 16.5. The molecule has 1 heteroatoms. The van der Waals surface area contributed by atoms with Gasteiger partial charge in [-0.25, -0.2) is 0 Å². The number of rotatable bonds is 9. The maximum absolute atomic E-state index is 3.80. The van der Waals surface area contributed by atoms with Gasteiger partial charge in [-0.1, -0.05) is 70.7 Å². The molecule has 0 aromatic heterocycles. The summed E-state index contributed by atoms with van der Waals surface area (Å²) in [6.45, 7) is 8.03. The van der Waals surface area contributed by atoms with Crippen LogP contribution < -0.4 is 5.32 Å². The van der Waals surface area contributed by atoms with Crippen LogP contribution in [0.4, 0.5) is 0 Å². The van der Waals surface area contributed by atoms with Gasteiger partial charge in [-0.3, -0.25) is 0 Å². The first-order valence-electron chi connectivity index (χ1n) is 9.08. The summed E-state index contributed by atoms with van der Waals surface area (Å²) in [7, 11) is 0. The summed E-state index contributed by atoms with van der Waals surface area (Å²) in [5.41, 5.74) is 3.18. The minimum Gasteiger partial charge on any atom is -0.314 e. The van der Waals surface area contributed by atoms with Crippen molar-refractivity contribution in [3.05, 3.63) is 35.4 Å². The van der Waals surface area contributed by atoms with Crippen LogP contribution in [0.3, 0.4) is 0 Å². The van der Waals surface area contributed by atoms with E-state index in [1.807, 2.05) is 0 Å². The number of unbranched alkanes of at least 4 members (excludes halogenated alkanes) is 1. The molecule has 0 spiro atoms. The SMILES string of the molecule is CCCCC(CC)CC(NCC)C1Cc2ccccc2C1. The molecular formula is C20H33N. The van der Waals surface area contributed by atoms with Gasteiger partial charge in [0.1, 0.15) is 0 Å². The van der Waals surface area contributed by atoms with Crippen molar-refractivity contribution in [3.63, 3.8) is 0 Å². The highest BCUT2D eigenvalue weighted by Crippen LogP contribution is 2.32. The molecule has 1 N–H and O–H groups in total. The predicted octanol–water partition coefficient (Wildman–Crippen LogP) is 4.99. The summed E-state index contributed by atoms with van der Waals surface area (Å²) in [6, 6.07) is 9.74. The van der Waals surface area contributed by atoms with Crippen LogP contribution >= 0.6 is 0 Å². The molecule has 1 aliphatic carbocycles. The van der Waals surface area contributed by atoms with Crippen molar-refractivity contribution in [2.45, 2.75) is 71.8 Å². The fourth-order valence-corrected chi connectivity index (χ4v) is 3.92. The van der Waals surface area contributed by atoms with Crippen LogP contribution in [-0.4, -0.2) is 12.6 Å². The number of nitrogens with one attached hydrogen (secondary N) is 1. The topological polar surface area (TPSA) is 12.0 Å². The third-order valence-corrected chi connectivity index (χ3v) is 5.25. The number of fused-ring (bicyclic) bond motifs is 1. The Morgan fingerprint density at radius 1 is 1.10 bits per heavy atom. The average Bonchev–Trinajstić information content (AvgIpc) is 2.94. The van der Waals surface area contributed by atoms with Crippen molar-refractivity contribution in [2.24, 2.45) is 11.8 Å². The van der Waals surface area contributed by atoms with E-state index in [1.165, 1.54) is 44.9 Å². The zero-order valence-electron chi connectivity index (χ0n) is 14.2. The summed E-state index contributed by atoms with van der Waals surface area (Å²) in [5.74, 6) is 1.70. The van der Waals surface area contributed by atoms with Crippen molar-refractivity contribution in [1.82, 2.24) is 5.32 Å². The molecule has 2 rings (SSSR count). The molecule has 2 atom stereocenters. The Bertz CT molecular complexity index is 387. The van der Waals surface area contributed by atoms with Gasteiger partial charge >= 0.3 is 0 Å². The third kappa shape index (κ3) is 4.57. The van der Waals surface area contributed by atoms with Gasteiger partial charge in [0, 0.05) is 6.04 Å². The molecule has 0 saturated heterocycles. The molecule has 2 unspecified atom stereocenters. The van der Waals surface area contributed by atoms with Gasteiger partial charge < -0.3 is 5.32 Å². The fraction of sp³-hybridized carbons (Fsp3) is 0.700. The molecule has 0 saturated carbocycles. The predicted molar refractivity (Wildman–Crippen MR) is 92.7 cm³/mol. The van der Waals surface area contributed by atoms with Gasteiger partial charge in [0.05, 0.1) is 0 Å². The maximum Gasteiger partial charge on any atom is 0.0104 e. The van der Waals surface area contributed by atoms with Crippen molar-refractivity contribution in [3.8, 4) is 0 Å². The molecule has 0 aliphatic heterocycles. The Morgan fingerprint density at radius 3 is 2.29 bits per heavy atom. The van der Waals surface area contributed by atoms with E-state index in [9.17, 15) is 0 Å². The van der Waals surface area contributed by atoms with Gasteiger partial charge in [0.2, 0.25) is 0 Å². The van der Waals surface area contributed by atoms with E-state index in [-0.39, 0.29) is 0 Å². The van der Waals surface area contributed by atoms with Crippen molar-refractivity contribution in [2.75, 3.05) is 6.54 Å². The zero-order chi connectivity index (χ0) is 15.1. The van der Waals surface area contributed by atoms with E-state index >= 15 is 0 Å². The van der Waals surface area contributed by atoms with Crippen LogP contribution in [0.15, 0.2) is 24.3 Å². The number of hydrogen-bond donors (Lipinski definition) is 1. The lowest BCUT2D eigenvalue weighted by atomic mass is 9.85. The number of hydrogen-bond acceptors (Lipinski definition) is 1. The first-order chi connectivity index (χ1) is 10.3. The average molecular weight is 287 g/mol. The molecule has 0 fully saturated rings. The summed E-state index contributed by atoms with van der Waals surface area (Å²) in [5, 5.41) is 3.80. The van der Waals surface area contributed by atoms with E-state index in [2.05, 4.69) is 50.4 Å². The highest BCUT2D eigenvalue weighted by atomic mass is 14.9. The Balaban J connectivity index is 1.96.